The number of piperidine rings is 1. The van der Waals surface area contributed by atoms with E-state index in [9.17, 15) is 18.8 Å². The van der Waals surface area contributed by atoms with Gasteiger partial charge in [-0.05, 0) is 67.8 Å². The summed E-state index contributed by atoms with van der Waals surface area (Å²) in [5.41, 5.74) is 0.795. The molecule has 0 aromatic heterocycles. The molecular weight excluding hydrogens is 393 g/mol. The second-order valence-corrected chi connectivity index (χ2v) is 7.75. The summed E-state index contributed by atoms with van der Waals surface area (Å²) < 4.78 is 18.2. The van der Waals surface area contributed by atoms with Crippen LogP contribution in [0.4, 0.5) is 4.39 Å². The molecule has 1 aliphatic heterocycles. The van der Waals surface area contributed by atoms with Crippen LogP contribution in [0.3, 0.4) is 0 Å². The summed E-state index contributed by atoms with van der Waals surface area (Å²) in [4.78, 5) is 38.3. The maximum Gasteiger partial charge on any atom is 0.321 e. The monoisotopic (exact) mass is 415 g/mol. The zero-order valence-electron chi connectivity index (χ0n) is 15.9. The first-order chi connectivity index (χ1) is 14.0. The van der Waals surface area contributed by atoms with Crippen molar-refractivity contribution >= 4 is 29.4 Å². The summed E-state index contributed by atoms with van der Waals surface area (Å²) in [7, 11) is 0. The Kier molecular flexibility index (Phi) is 7.41. The molecule has 0 atom stereocenters. The van der Waals surface area contributed by atoms with Crippen molar-refractivity contribution in [3.63, 3.8) is 0 Å². The number of esters is 1. The lowest BCUT2D eigenvalue weighted by Gasteiger charge is -2.26. The molecule has 2 aromatic carbocycles. The minimum atomic E-state index is -0.445. The molecule has 0 saturated carbocycles. The number of likely N-dealkylation sites (tertiary alicyclic amines) is 1. The number of benzene rings is 2. The van der Waals surface area contributed by atoms with Crippen LogP contribution in [0, 0.1) is 5.82 Å². The van der Waals surface area contributed by atoms with Crippen molar-refractivity contribution in [2.45, 2.75) is 19.3 Å². The average molecular weight is 415 g/mol. The van der Waals surface area contributed by atoms with Gasteiger partial charge in [-0.3, -0.25) is 14.4 Å². The molecular formula is C22H22FNO4S. The zero-order valence-corrected chi connectivity index (χ0v) is 16.8. The number of carbonyl (C=O) groups is 3. The van der Waals surface area contributed by atoms with Gasteiger partial charge in [-0.2, -0.15) is 0 Å². The van der Waals surface area contributed by atoms with Crippen LogP contribution in [0.25, 0.3) is 0 Å². The minimum absolute atomic E-state index is 0.0613. The first-order valence-corrected chi connectivity index (χ1v) is 10.6. The van der Waals surface area contributed by atoms with E-state index in [1.165, 1.54) is 48.2 Å². The van der Waals surface area contributed by atoms with Gasteiger partial charge in [-0.25, -0.2) is 4.39 Å². The van der Waals surface area contributed by atoms with Crippen molar-refractivity contribution in [3.8, 4) is 5.75 Å². The van der Waals surface area contributed by atoms with Crippen molar-refractivity contribution in [2.24, 2.45) is 0 Å². The lowest BCUT2D eigenvalue weighted by molar-refractivity contribution is -0.131. The number of ether oxygens (including phenoxy) is 1. The van der Waals surface area contributed by atoms with E-state index in [2.05, 4.69) is 0 Å². The predicted octanol–water partition coefficient (Wildman–Crippen LogP) is 3.71. The van der Waals surface area contributed by atoms with E-state index in [4.69, 9.17) is 4.74 Å². The maximum atomic E-state index is 13.0. The number of carbonyl (C=O) groups excluding carboxylic acids is 3. The van der Waals surface area contributed by atoms with E-state index < -0.39 is 11.8 Å². The number of halogens is 1. The van der Waals surface area contributed by atoms with Crippen LogP contribution >= 0.6 is 11.8 Å². The molecule has 0 bridgehead atoms. The number of hydrogen-bond donors (Lipinski definition) is 0. The van der Waals surface area contributed by atoms with Gasteiger partial charge in [-0.1, -0.05) is 0 Å². The van der Waals surface area contributed by atoms with E-state index in [1.54, 1.807) is 12.1 Å². The topological polar surface area (TPSA) is 63.7 Å². The SMILES string of the molecule is O=C(CSCC(=O)N1CCCCC1)Oc1ccc(C(=O)c2ccc(F)cc2)cc1. The molecule has 2 aromatic rings. The smallest absolute Gasteiger partial charge is 0.321 e. The normalized spacial score (nSPS) is 13.8. The summed E-state index contributed by atoms with van der Waals surface area (Å²) in [5, 5.41) is 0. The van der Waals surface area contributed by atoms with Gasteiger partial charge >= 0.3 is 5.97 Å². The zero-order chi connectivity index (χ0) is 20.6. The third-order valence-corrected chi connectivity index (χ3v) is 5.50. The van der Waals surface area contributed by atoms with Crippen molar-refractivity contribution in [3.05, 3.63) is 65.5 Å². The fraction of sp³-hybridized carbons (Fsp3) is 0.318. The maximum absolute atomic E-state index is 13.0. The number of thioether (sulfide) groups is 1. The molecule has 152 valence electrons. The van der Waals surface area contributed by atoms with Gasteiger partial charge < -0.3 is 9.64 Å². The van der Waals surface area contributed by atoms with Gasteiger partial charge in [-0.15, -0.1) is 11.8 Å². The van der Waals surface area contributed by atoms with Crippen LogP contribution in [-0.2, 0) is 9.59 Å². The van der Waals surface area contributed by atoms with Gasteiger partial charge in [0, 0.05) is 24.2 Å². The molecule has 1 saturated heterocycles. The third kappa shape index (κ3) is 6.15. The van der Waals surface area contributed by atoms with Gasteiger partial charge in [0.25, 0.3) is 0 Å². The molecule has 1 heterocycles. The predicted molar refractivity (Wildman–Crippen MR) is 110 cm³/mol. The molecule has 5 nitrogen and oxygen atoms in total. The standard InChI is InChI=1S/C22H22FNO4S/c23-18-8-4-16(5-9-18)22(27)17-6-10-19(11-7-17)28-21(26)15-29-14-20(25)24-12-2-1-3-13-24/h4-11H,1-3,12-15H2. The number of rotatable bonds is 7. The van der Waals surface area contributed by atoms with Crippen molar-refractivity contribution < 1.29 is 23.5 Å². The summed E-state index contributed by atoms with van der Waals surface area (Å²) in [6, 6.07) is 11.5. The van der Waals surface area contributed by atoms with E-state index in [0.29, 0.717) is 16.9 Å². The first kappa shape index (κ1) is 21.0. The average Bonchev–Trinajstić information content (AvgIpc) is 2.75. The van der Waals surface area contributed by atoms with E-state index in [-0.39, 0.29) is 23.2 Å². The van der Waals surface area contributed by atoms with Crippen LogP contribution < -0.4 is 4.74 Å². The van der Waals surface area contributed by atoms with Crippen molar-refractivity contribution in [1.82, 2.24) is 4.90 Å². The van der Waals surface area contributed by atoms with Gasteiger partial charge in [0.1, 0.15) is 11.6 Å². The molecule has 0 N–H and O–H groups in total. The molecule has 0 aliphatic carbocycles. The summed E-state index contributed by atoms with van der Waals surface area (Å²) in [6.07, 6.45) is 3.24. The Balaban J connectivity index is 1.45. The van der Waals surface area contributed by atoms with Crippen LogP contribution in [0.15, 0.2) is 48.5 Å². The molecule has 1 amide bonds. The van der Waals surface area contributed by atoms with Crippen LogP contribution in [0.2, 0.25) is 0 Å². The number of ketones is 1. The second kappa shape index (κ2) is 10.2. The first-order valence-electron chi connectivity index (χ1n) is 9.49. The Morgan fingerprint density at radius 3 is 2.07 bits per heavy atom. The Bertz CT molecular complexity index is 861. The molecule has 3 rings (SSSR count). The Labute approximate surface area is 173 Å². The lowest BCUT2D eigenvalue weighted by atomic mass is 10.0. The van der Waals surface area contributed by atoms with Gasteiger partial charge in [0.05, 0.1) is 11.5 Å². The highest BCUT2D eigenvalue weighted by Crippen LogP contribution is 2.17. The summed E-state index contributed by atoms with van der Waals surface area (Å²) in [5.74, 6) is -0.358. The van der Waals surface area contributed by atoms with Crippen LogP contribution in [-0.4, -0.2) is 47.2 Å². The largest absolute Gasteiger partial charge is 0.426 e. The Hall–Kier alpha value is -2.67. The van der Waals surface area contributed by atoms with Gasteiger partial charge in [0.15, 0.2) is 5.78 Å². The fourth-order valence-corrected chi connectivity index (χ4v) is 3.74. The Morgan fingerprint density at radius 1 is 0.862 bits per heavy atom. The highest BCUT2D eigenvalue weighted by molar-refractivity contribution is 8.00. The highest BCUT2D eigenvalue weighted by atomic mass is 32.2. The lowest BCUT2D eigenvalue weighted by Crippen LogP contribution is -2.36. The summed E-state index contributed by atoms with van der Waals surface area (Å²) in [6.45, 7) is 1.60. The molecule has 29 heavy (non-hydrogen) atoms. The molecule has 1 fully saturated rings. The number of hydrogen-bond acceptors (Lipinski definition) is 5. The van der Waals surface area contributed by atoms with Crippen molar-refractivity contribution in [1.29, 1.82) is 0 Å². The minimum Gasteiger partial charge on any atom is -0.426 e. The van der Waals surface area contributed by atoms with Gasteiger partial charge in [0.2, 0.25) is 5.91 Å². The van der Waals surface area contributed by atoms with Crippen LogP contribution in [0.1, 0.15) is 35.2 Å². The van der Waals surface area contributed by atoms with Crippen molar-refractivity contribution in [2.75, 3.05) is 24.6 Å². The Morgan fingerprint density at radius 2 is 1.45 bits per heavy atom. The van der Waals surface area contributed by atoms with E-state index in [1.807, 2.05) is 4.90 Å². The molecule has 1 aliphatic rings. The third-order valence-electron chi connectivity index (χ3n) is 4.61. The molecule has 0 radical (unpaired) electrons. The quantitative estimate of drug-likeness (QED) is 0.392. The van der Waals surface area contributed by atoms with E-state index in [0.717, 1.165) is 32.4 Å². The second-order valence-electron chi connectivity index (χ2n) is 6.77. The summed E-state index contributed by atoms with van der Waals surface area (Å²) >= 11 is 1.24. The highest BCUT2D eigenvalue weighted by Gasteiger charge is 2.17. The molecule has 0 unspecified atom stereocenters. The number of nitrogens with zero attached hydrogens (tertiary/aromatic N) is 1. The molecule has 7 heteroatoms. The molecule has 0 spiro atoms. The fourth-order valence-electron chi connectivity index (χ4n) is 3.06. The van der Waals surface area contributed by atoms with Crippen LogP contribution in [0.5, 0.6) is 5.75 Å². The number of amides is 1. The van der Waals surface area contributed by atoms with E-state index >= 15 is 0 Å².